The van der Waals surface area contributed by atoms with Gasteiger partial charge in [-0.2, -0.15) is 0 Å². The van der Waals surface area contributed by atoms with Crippen LogP contribution < -0.4 is 16.0 Å². The molecule has 11 aromatic rings. The van der Waals surface area contributed by atoms with Crippen LogP contribution in [0.1, 0.15) is 35.2 Å². The molecular weight excluding hydrogens is 699 g/mol. The molecule has 272 valence electrons. The summed E-state index contributed by atoms with van der Waals surface area (Å²) in [5.41, 5.74) is 12.3. The third kappa shape index (κ3) is 5.02. The summed E-state index contributed by atoms with van der Waals surface area (Å²) < 4.78 is 11.4. The average Bonchev–Trinajstić information content (AvgIpc) is 3.95. The molecule has 0 saturated carbocycles. The van der Waals surface area contributed by atoms with Crippen molar-refractivity contribution in [3.63, 3.8) is 0 Å². The Morgan fingerprint density at radius 3 is 1.54 bits per heavy atom. The molecule has 2 unspecified atom stereocenters. The van der Waals surface area contributed by atoms with Crippen LogP contribution in [0.15, 0.2) is 192 Å². The first-order valence-electron chi connectivity index (χ1n) is 19.6. The standard InChI is InChI=1S/C51H37N5O/c1-4-14-32(15-5-1)49-52-50(33-16-6-2-7-17-33)54-51(53-49)34-24-26-36(27-25-34)56-41-30-31-44-47(38-21-11-13-23-43(38)57-44)45(41)39-28-29-42-46(48(39)56)37-20-10-12-22-40(37)55(42)35-18-8-3-9-19-35/h1-31,49-54H. The van der Waals surface area contributed by atoms with Crippen LogP contribution in [0.5, 0.6) is 0 Å². The van der Waals surface area contributed by atoms with Gasteiger partial charge in [0, 0.05) is 43.7 Å². The first kappa shape index (κ1) is 32.3. The first-order chi connectivity index (χ1) is 28.3. The lowest BCUT2D eigenvalue weighted by Gasteiger charge is -2.39. The smallest absolute Gasteiger partial charge is 0.136 e. The van der Waals surface area contributed by atoms with Crippen LogP contribution in [0.25, 0.3) is 76.9 Å². The summed E-state index contributed by atoms with van der Waals surface area (Å²) in [5.74, 6) is 0. The second-order valence-corrected chi connectivity index (χ2v) is 15.0. The zero-order valence-corrected chi connectivity index (χ0v) is 30.9. The molecule has 1 aliphatic rings. The van der Waals surface area contributed by atoms with Crippen molar-refractivity contribution >= 4 is 65.6 Å². The van der Waals surface area contributed by atoms with Crippen molar-refractivity contribution in [3.8, 4) is 11.4 Å². The summed E-state index contributed by atoms with van der Waals surface area (Å²) in [7, 11) is 0. The second kappa shape index (κ2) is 12.8. The van der Waals surface area contributed by atoms with Crippen molar-refractivity contribution < 1.29 is 4.42 Å². The number of nitrogens with one attached hydrogen (secondary N) is 3. The first-order valence-corrected chi connectivity index (χ1v) is 19.6. The molecule has 12 rings (SSSR count). The highest BCUT2D eigenvalue weighted by Gasteiger charge is 2.30. The van der Waals surface area contributed by atoms with Gasteiger partial charge in [0.05, 0.1) is 40.6 Å². The number of rotatable bonds is 5. The molecule has 8 aromatic carbocycles. The van der Waals surface area contributed by atoms with Gasteiger partial charge in [-0.05, 0) is 71.3 Å². The molecule has 3 N–H and O–H groups in total. The fourth-order valence-electron chi connectivity index (χ4n) is 9.31. The van der Waals surface area contributed by atoms with Crippen molar-refractivity contribution in [1.29, 1.82) is 0 Å². The van der Waals surface area contributed by atoms with Gasteiger partial charge in [0.15, 0.2) is 0 Å². The van der Waals surface area contributed by atoms with Gasteiger partial charge in [0.1, 0.15) is 11.2 Å². The van der Waals surface area contributed by atoms with E-state index in [-0.39, 0.29) is 18.5 Å². The van der Waals surface area contributed by atoms with E-state index in [1.54, 1.807) is 0 Å². The number of nitrogens with zero attached hydrogens (tertiary/aromatic N) is 2. The Labute approximate surface area is 328 Å². The van der Waals surface area contributed by atoms with E-state index >= 15 is 0 Å². The monoisotopic (exact) mass is 735 g/mol. The van der Waals surface area contributed by atoms with E-state index in [0.717, 1.165) is 44.4 Å². The minimum Gasteiger partial charge on any atom is -0.456 e. The van der Waals surface area contributed by atoms with Crippen LogP contribution in [0, 0.1) is 0 Å². The molecule has 57 heavy (non-hydrogen) atoms. The van der Waals surface area contributed by atoms with E-state index in [4.69, 9.17) is 4.42 Å². The molecule has 0 spiro atoms. The summed E-state index contributed by atoms with van der Waals surface area (Å²) in [5, 5.41) is 18.6. The van der Waals surface area contributed by atoms with Crippen LogP contribution in [-0.4, -0.2) is 9.13 Å². The Hall–Kier alpha value is -6.96. The minimum atomic E-state index is -0.0960. The Balaban J connectivity index is 1.09. The fourth-order valence-corrected chi connectivity index (χ4v) is 9.31. The van der Waals surface area contributed by atoms with Gasteiger partial charge in [0.2, 0.25) is 0 Å². The quantitative estimate of drug-likeness (QED) is 0.165. The molecule has 2 atom stereocenters. The lowest BCUT2D eigenvalue weighted by atomic mass is 10.0. The highest BCUT2D eigenvalue weighted by molar-refractivity contribution is 6.32. The molecule has 4 heterocycles. The molecule has 3 aromatic heterocycles. The topological polar surface area (TPSA) is 59.1 Å². The number of hydrogen-bond acceptors (Lipinski definition) is 4. The lowest BCUT2D eigenvalue weighted by Crippen LogP contribution is -2.54. The second-order valence-electron chi connectivity index (χ2n) is 15.0. The summed E-state index contributed by atoms with van der Waals surface area (Å²) in [6, 6.07) is 67.2. The molecule has 0 amide bonds. The fraction of sp³-hybridized carbons (Fsp3) is 0.0588. The largest absolute Gasteiger partial charge is 0.456 e. The lowest BCUT2D eigenvalue weighted by molar-refractivity contribution is 0.203. The van der Waals surface area contributed by atoms with Crippen LogP contribution in [-0.2, 0) is 0 Å². The molecule has 1 fully saturated rings. The van der Waals surface area contributed by atoms with E-state index in [0.29, 0.717) is 0 Å². The van der Waals surface area contributed by atoms with Crippen LogP contribution in [0.2, 0.25) is 0 Å². The SMILES string of the molecule is c1ccc(C2NC(c3ccccc3)NC(c3ccc(-n4c5ccc6oc7ccccc7c6c5c5ccc6c(c7ccccc7n6-c6ccccc6)c54)cc3)N2)cc1. The normalized spacial score (nSPS) is 17.4. The summed E-state index contributed by atoms with van der Waals surface area (Å²) in [4.78, 5) is 0. The number of para-hydroxylation sites is 3. The maximum absolute atomic E-state index is 6.48. The average molecular weight is 736 g/mol. The minimum absolute atomic E-state index is 0.0397. The van der Waals surface area contributed by atoms with E-state index in [1.807, 2.05) is 6.07 Å². The zero-order valence-electron chi connectivity index (χ0n) is 30.9. The Morgan fingerprint density at radius 1 is 0.333 bits per heavy atom. The van der Waals surface area contributed by atoms with E-state index in [9.17, 15) is 0 Å². The Bertz CT molecular complexity index is 3230. The molecule has 0 radical (unpaired) electrons. The van der Waals surface area contributed by atoms with Crippen molar-refractivity contribution in [2.24, 2.45) is 0 Å². The van der Waals surface area contributed by atoms with Gasteiger partial charge in [-0.15, -0.1) is 0 Å². The molecule has 0 aliphatic carbocycles. The van der Waals surface area contributed by atoms with Crippen molar-refractivity contribution in [2.75, 3.05) is 0 Å². The van der Waals surface area contributed by atoms with Crippen molar-refractivity contribution in [1.82, 2.24) is 25.1 Å². The molecule has 6 heteroatoms. The molecule has 1 aliphatic heterocycles. The number of hydrogen-bond donors (Lipinski definition) is 3. The molecule has 0 bridgehead atoms. The maximum Gasteiger partial charge on any atom is 0.136 e. The number of fused-ring (bicyclic) bond motifs is 11. The van der Waals surface area contributed by atoms with Crippen LogP contribution in [0.4, 0.5) is 0 Å². The van der Waals surface area contributed by atoms with Crippen LogP contribution in [0.3, 0.4) is 0 Å². The summed E-state index contributed by atoms with van der Waals surface area (Å²) in [6.45, 7) is 0. The highest BCUT2D eigenvalue weighted by atomic mass is 16.3. The zero-order chi connectivity index (χ0) is 37.5. The maximum atomic E-state index is 6.48. The third-order valence-electron chi connectivity index (χ3n) is 11.8. The Kier molecular flexibility index (Phi) is 7.25. The van der Waals surface area contributed by atoms with Gasteiger partial charge in [0.25, 0.3) is 0 Å². The van der Waals surface area contributed by atoms with Crippen molar-refractivity contribution in [2.45, 2.75) is 18.5 Å². The van der Waals surface area contributed by atoms with Gasteiger partial charge in [-0.25, -0.2) is 0 Å². The molecular formula is C51H37N5O. The van der Waals surface area contributed by atoms with E-state index < -0.39 is 0 Å². The number of furan rings is 1. The predicted molar refractivity (Wildman–Crippen MR) is 233 cm³/mol. The summed E-state index contributed by atoms with van der Waals surface area (Å²) in [6.07, 6.45) is -0.175. The number of aromatic nitrogens is 2. The molecule has 6 nitrogen and oxygen atoms in total. The number of benzene rings is 8. The van der Waals surface area contributed by atoms with E-state index in [2.05, 4.69) is 207 Å². The van der Waals surface area contributed by atoms with Crippen molar-refractivity contribution in [3.05, 3.63) is 205 Å². The molecule has 1 saturated heterocycles. The van der Waals surface area contributed by atoms with Gasteiger partial charge < -0.3 is 13.6 Å². The van der Waals surface area contributed by atoms with Gasteiger partial charge in [-0.3, -0.25) is 16.0 Å². The summed E-state index contributed by atoms with van der Waals surface area (Å²) >= 11 is 0. The highest BCUT2D eigenvalue weighted by Crippen LogP contribution is 2.46. The third-order valence-corrected chi connectivity index (χ3v) is 11.8. The predicted octanol–water partition coefficient (Wildman–Crippen LogP) is 12.0. The van der Waals surface area contributed by atoms with Gasteiger partial charge >= 0.3 is 0 Å². The van der Waals surface area contributed by atoms with E-state index in [1.165, 1.54) is 49.2 Å². The van der Waals surface area contributed by atoms with Crippen LogP contribution >= 0.6 is 0 Å². The van der Waals surface area contributed by atoms with Gasteiger partial charge in [-0.1, -0.05) is 133 Å². The Morgan fingerprint density at radius 2 is 0.860 bits per heavy atom.